The molecule has 1 atom stereocenters. The first-order valence-corrected chi connectivity index (χ1v) is 7.95. The summed E-state index contributed by atoms with van der Waals surface area (Å²) >= 11 is 5.22. The van der Waals surface area contributed by atoms with Crippen molar-refractivity contribution in [3.8, 4) is 0 Å². The van der Waals surface area contributed by atoms with E-state index in [9.17, 15) is 0 Å². The van der Waals surface area contributed by atoms with Crippen molar-refractivity contribution in [1.82, 2.24) is 5.43 Å². The molecule has 0 aliphatic rings. The van der Waals surface area contributed by atoms with Crippen LogP contribution >= 0.6 is 27.3 Å². The van der Waals surface area contributed by atoms with Crippen LogP contribution in [0.15, 0.2) is 28.1 Å². The lowest BCUT2D eigenvalue weighted by molar-refractivity contribution is 0.558. The lowest BCUT2D eigenvalue weighted by Gasteiger charge is -2.18. The molecule has 0 saturated heterocycles. The fourth-order valence-corrected chi connectivity index (χ4v) is 3.99. The third-order valence-corrected chi connectivity index (χ3v) is 5.19. The van der Waals surface area contributed by atoms with E-state index >= 15 is 0 Å². The van der Waals surface area contributed by atoms with Crippen molar-refractivity contribution < 1.29 is 0 Å². The van der Waals surface area contributed by atoms with E-state index in [2.05, 4.69) is 65.7 Å². The molecule has 0 bridgehead atoms. The van der Waals surface area contributed by atoms with E-state index in [1.54, 1.807) is 11.3 Å². The predicted molar refractivity (Wildman–Crippen MR) is 86.4 cm³/mol. The maximum Gasteiger partial charge on any atom is 0.0594 e. The highest BCUT2D eigenvalue weighted by Gasteiger charge is 2.15. The number of benzene rings is 1. The van der Waals surface area contributed by atoms with Gasteiger partial charge in [-0.2, -0.15) is 0 Å². The number of nitrogens with two attached hydrogens (primary N) is 1. The first kappa shape index (κ1) is 14.7. The van der Waals surface area contributed by atoms with Crippen LogP contribution in [0.25, 0.3) is 0 Å². The summed E-state index contributed by atoms with van der Waals surface area (Å²) in [6.45, 7) is 6.49. The quantitative estimate of drug-likeness (QED) is 0.648. The average molecular weight is 339 g/mol. The maximum absolute atomic E-state index is 5.73. The van der Waals surface area contributed by atoms with Crippen LogP contribution in [0, 0.1) is 20.8 Å². The van der Waals surface area contributed by atoms with Crippen molar-refractivity contribution in [3.63, 3.8) is 0 Å². The van der Waals surface area contributed by atoms with E-state index in [4.69, 9.17) is 5.84 Å². The Kier molecular flexibility index (Phi) is 4.79. The Morgan fingerprint density at radius 2 is 1.84 bits per heavy atom. The molecule has 2 aromatic rings. The third-order valence-electron chi connectivity index (χ3n) is 3.38. The zero-order valence-corrected chi connectivity index (χ0v) is 13.9. The molecule has 4 heteroatoms. The van der Waals surface area contributed by atoms with Crippen molar-refractivity contribution in [3.05, 3.63) is 55.2 Å². The number of halogens is 1. The van der Waals surface area contributed by atoms with Gasteiger partial charge in [-0.1, -0.05) is 17.7 Å². The molecule has 0 aliphatic carbocycles. The largest absolute Gasteiger partial charge is 0.271 e. The van der Waals surface area contributed by atoms with Gasteiger partial charge in [0, 0.05) is 14.7 Å². The molecule has 19 heavy (non-hydrogen) atoms. The van der Waals surface area contributed by atoms with E-state index in [-0.39, 0.29) is 6.04 Å². The van der Waals surface area contributed by atoms with Gasteiger partial charge in [-0.25, -0.2) is 0 Å². The lowest BCUT2D eigenvalue weighted by Crippen LogP contribution is -2.29. The Hall–Kier alpha value is -0.680. The maximum atomic E-state index is 5.73. The molecule has 1 aromatic heterocycles. The fourth-order valence-electron chi connectivity index (χ4n) is 2.49. The second kappa shape index (κ2) is 6.18. The van der Waals surface area contributed by atoms with Crippen LogP contribution in [0.2, 0.25) is 0 Å². The van der Waals surface area contributed by atoms with E-state index in [0.717, 1.165) is 10.9 Å². The van der Waals surface area contributed by atoms with Crippen LogP contribution in [0.5, 0.6) is 0 Å². The van der Waals surface area contributed by atoms with E-state index in [0.29, 0.717) is 0 Å². The van der Waals surface area contributed by atoms with Gasteiger partial charge in [-0.15, -0.1) is 11.3 Å². The SMILES string of the molecule is Cc1cc(C)c(CC(NN)c2cc(Br)cs2)c(C)c1. The zero-order valence-electron chi connectivity index (χ0n) is 11.5. The summed E-state index contributed by atoms with van der Waals surface area (Å²) in [5, 5.41) is 2.09. The number of thiophene rings is 1. The van der Waals surface area contributed by atoms with E-state index < -0.39 is 0 Å². The highest BCUT2D eigenvalue weighted by molar-refractivity contribution is 9.10. The Balaban J connectivity index is 2.28. The third kappa shape index (κ3) is 3.45. The Morgan fingerprint density at radius 1 is 1.21 bits per heavy atom. The monoisotopic (exact) mass is 338 g/mol. The Bertz CT molecular complexity index is 554. The van der Waals surface area contributed by atoms with Gasteiger partial charge in [0.25, 0.3) is 0 Å². The predicted octanol–water partition coefficient (Wildman–Crippen LogP) is 4.18. The summed E-state index contributed by atoms with van der Waals surface area (Å²) < 4.78 is 1.12. The Morgan fingerprint density at radius 3 is 2.32 bits per heavy atom. The summed E-state index contributed by atoms with van der Waals surface area (Å²) in [7, 11) is 0. The minimum Gasteiger partial charge on any atom is -0.271 e. The van der Waals surface area contributed by atoms with Crippen LogP contribution in [-0.4, -0.2) is 0 Å². The summed E-state index contributed by atoms with van der Waals surface area (Å²) in [5.74, 6) is 5.73. The van der Waals surface area contributed by atoms with Gasteiger partial charge in [0.15, 0.2) is 0 Å². The van der Waals surface area contributed by atoms with Gasteiger partial charge in [0.1, 0.15) is 0 Å². The molecule has 0 fully saturated rings. The molecule has 1 unspecified atom stereocenters. The van der Waals surface area contributed by atoms with Gasteiger partial charge < -0.3 is 0 Å². The molecule has 0 spiro atoms. The van der Waals surface area contributed by atoms with Crippen molar-refractivity contribution in [2.45, 2.75) is 33.2 Å². The smallest absolute Gasteiger partial charge is 0.0594 e. The molecule has 102 valence electrons. The summed E-state index contributed by atoms with van der Waals surface area (Å²) in [6.07, 6.45) is 0.918. The van der Waals surface area contributed by atoms with E-state index in [1.165, 1.54) is 27.1 Å². The fraction of sp³-hybridized carbons (Fsp3) is 0.333. The molecule has 2 nitrogen and oxygen atoms in total. The van der Waals surface area contributed by atoms with Crippen molar-refractivity contribution in [2.75, 3.05) is 0 Å². The number of hydrogen-bond donors (Lipinski definition) is 2. The molecule has 0 radical (unpaired) electrons. The summed E-state index contributed by atoms with van der Waals surface area (Å²) in [4.78, 5) is 1.26. The number of aryl methyl sites for hydroxylation is 3. The average Bonchev–Trinajstić information content (AvgIpc) is 2.75. The van der Waals surface area contributed by atoms with E-state index in [1.807, 2.05) is 0 Å². The molecule has 3 N–H and O–H groups in total. The highest BCUT2D eigenvalue weighted by Crippen LogP contribution is 2.29. The van der Waals surface area contributed by atoms with Crippen LogP contribution < -0.4 is 11.3 Å². The van der Waals surface area contributed by atoms with Gasteiger partial charge in [-0.05, 0) is 65.9 Å². The first-order chi connectivity index (χ1) is 9.01. The normalized spacial score (nSPS) is 12.7. The topological polar surface area (TPSA) is 38.0 Å². The molecule has 0 aliphatic heterocycles. The standard InChI is InChI=1S/C15H19BrN2S/c1-9-4-10(2)13(11(3)5-9)7-14(18-17)15-6-12(16)8-19-15/h4-6,8,14,18H,7,17H2,1-3H3. The minimum atomic E-state index is 0.163. The van der Waals surface area contributed by atoms with Gasteiger partial charge >= 0.3 is 0 Å². The van der Waals surface area contributed by atoms with Crippen LogP contribution in [0.4, 0.5) is 0 Å². The summed E-state index contributed by atoms with van der Waals surface area (Å²) in [5.41, 5.74) is 8.32. The highest BCUT2D eigenvalue weighted by atomic mass is 79.9. The minimum absolute atomic E-state index is 0.163. The Labute approximate surface area is 127 Å². The number of nitrogens with one attached hydrogen (secondary N) is 1. The molecule has 2 rings (SSSR count). The number of hydrogen-bond acceptors (Lipinski definition) is 3. The summed E-state index contributed by atoms with van der Waals surface area (Å²) in [6, 6.07) is 6.77. The molecule has 1 aromatic carbocycles. The van der Waals surface area contributed by atoms with Gasteiger partial charge in [-0.3, -0.25) is 11.3 Å². The number of rotatable bonds is 4. The van der Waals surface area contributed by atoms with Crippen molar-refractivity contribution in [1.29, 1.82) is 0 Å². The lowest BCUT2D eigenvalue weighted by atomic mass is 9.94. The first-order valence-electron chi connectivity index (χ1n) is 6.28. The van der Waals surface area contributed by atoms with Crippen LogP contribution in [0.3, 0.4) is 0 Å². The van der Waals surface area contributed by atoms with Crippen molar-refractivity contribution in [2.24, 2.45) is 5.84 Å². The van der Waals surface area contributed by atoms with Gasteiger partial charge in [0.2, 0.25) is 0 Å². The number of hydrazine groups is 1. The van der Waals surface area contributed by atoms with Crippen molar-refractivity contribution >= 4 is 27.3 Å². The second-order valence-corrected chi connectivity index (χ2v) is 6.83. The van der Waals surface area contributed by atoms with Gasteiger partial charge in [0.05, 0.1) is 6.04 Å². The molecule has 1 heterocycles. The second-order valence-electron chi connectivity index (χ2n) is 4.97. The zero-order chi connectivity index (χ0) is 14.0. The van der Waals surface area contributed by atoms with Crippen LogP contribution in [0.1, 0.15) is 33.2 Å². The molecule has 0 saturated carbocycles. The van der Waals surface area contributed by atoms with Crippen LogP contribution in [-0.2, 0) is 6.42 Å². The molecular formula is C15H19BrN2S. The molecule has 0 amide bonds. The molecular weight excluding hydrogens is 320 g/mol.